The van der Waals surface area contributed by atoms with Gasteiger partial charge in [0.1, 0.15) is 35.3 Å². The molecule has 4 heterocycles. The summed E-state index contributed by atoms with van der Waals surface area (Å²) in [6, 6.07) is 5.97. The fraction of sp³-hybridized carbons (Fsp3) is 0.450. The third kappa shape index (κ3) is 8.20. The largest absolute Gasteiger partial charge is 0.573 e. The fourth-order valence-corrected chi connectivity index (χ4v) is 9.20. The van der Waals surface area contributed by atoms with Gasteiger partial charge in [-0.25, -0.2) is 17.8 Å². The molecule has 4 amide bonds. The number of amides is 4. The molecule has 5 atom stereocenters. The number of alkyl halides is 3. The zero-order valence-electron chi connectivity index (χ0n) is 32.1. The van der Waals surface area contributed by atoms with Gasteiger partial charge in [-0.2, -0.15) is 0 Å². The van der Waals surface area contributed by atoms with Crippen molar-refractivity contribution in [2.24, 2.45) is 5.92 Å². The number of sulfonamides is 1. The summed E-state index contributed by atoms with van der Waals surface area (Å²) in [5.41, 5.74) is -1.57. The van der Waals surface area contributed by atoms with Gasteiger partial charge in [-0.15, -0.1) is 13.2 Å². The van der Waals surface area contributed by atoms with Gasteiger partial charge in [0, 0.05) is 35.2 Å². The molecule has 2 aliphatic carbocycles. The van der Waals surface area contributed by atoms with Crippen LogP contribution in [0, 0.1) is 11.7 Å². The van der Waals surface area contributed by atoms with Gasteiger partial charge in [0.05, 0.1) is 23.0 Å². The average molecular weight is 857 g/mol. The van der Waals surface area contributed by atoms with Gasteiger partial charge in [-0.05, 0) is 81.2 Å². The second-order valence-corrected chi connectivity index (χ2v) is 18.1. The first kappa shape index (κ1) is 41.0. The average Bonchev–Trinajstić information content (AvgIpc) is 3.93. The highest BCUT2D eigenvalue weighted by Crippen LogP contribution is 2.48. The number of rotatable bonds is 8. The second kappa shape index (κ2) is 15.3. The van der Waals surface area contributed by atoms with Crippen molar-refractivity contribution in [1.29, 1.82) is 0 Å². The number of nitrogens with zero attached hydrogens (tertiary/aromatic N) is 3. The van der Waals surface area contributed by atoms with E-state index in [4.69, 9.17) is 9.26 Å². The van der Waals surface area contributed by atoms with E-state index in [1.165, 1.54) is 42.3 Å². The van der Waals surface area contributed by atoms with Crippen LogP contribution in [0.1, 0.15) is 75.3 Å². The summed E-state index contributed by atoms with van der Waals surface area (Å²) >= 11 is 0. The van der Waals surface area contributed by atoms with Gasteiger partial charge in [-0.3, -0.25) is 23.9 Å². The number of ether oxygens (including phenoxy) is 2. The van der Waals surface area contributed by atoms with Gasteiger partial charge in [0.25, 0.3) is 11.8 Å². The lowest BCUT2D eigenvalue weighted by molar-refractivity contribution is -0.274. The van der Waals surface area contributed by atoms with Crippen LogP contribution in [-0.4, -0.2) is 88.5 Å². The van der Waals surface area contributed by atoms with E-state index in [2.05, 4.69) is 30.2 Å². The van der Waals surface area contributed by atoms with Crippen LogP contribution in [0.4, 0.5) is 17.6 Å². The number of fused-ring (bicyclic) bond motifs is 5. The number of aromatic nitrogens is 2. The molecule has 2 aromatic carbocycles. The summed E-state index contributed by atoms with van der Waals surface area (Å²) in [6.45, 7) is 1.22. The van der Waals surface area contributed by atoms with Crippen LogP contribution < -0.4 is 24.8 Å². The molecule has 0 unspecified atom stereocenters. The quantitative estimate of drug-likeness (QED) is 0.123. The van der Waals surface area contributed by atoms with Gasteiger partial charge in [0.2, 0.25) is 33.5 Å². The van der Waals surface area contributed by atoms with E-state index in [1.54, 1.807) is 6.08 Å². The topological polar surface area (TPSA) is 199 Å². The van der Waals surface area contributed by atoms with Crippen LogP contribution in [0.2, 0.25) is 0 Å². The van der Waals surface area contributed by atoms with Crippen LogP contribution >= 0.6 is 0 Å². The van der Waals surface area contributed by atoms with Crippen LogP contribution in [0.25, 0.3) is 21.7 Å². The minimum atomic E-state index is -5.03. The van der Waals surface area contributed by atoms with E-state index in [0.29, 0.717) is 49.3 Å². The number of carbonyl (C=O) groups is 4. The number of benzene rings is 2. The van der Waals surface area contributed by atoms with Crippen LogP contribution in [0.15, 0.2) is 65.3 Å². The van der Waals surface area contributed by atoms with Crippen molar-refractivity contribution in [3.63, 3.8) is 0 Å². The Bertz CT molecular complexity index is 2510. The SMILES string of the molecule is CC1(S(=O)(=O)NC(=O)[C@@]23C[C@H]2/C=C\CCCCC[C@H](NC(=O)c2ccno2)C(=O)N2C[C@H](Oc4nc5cc(F)ccc5c5ccc(OC(F)(F)F)cc45)C[C@H]2C(=O)N3)CC1. The fourth-order valence-electron chi connectivity index (χ4n) is 7.88. The number of halogens is 4. The molecule has 4 aliphatic rings. The van der Waals surface area contributed by atoms with Crippen molar-refractivity contribution in [3.05, 3.63) is 72.4 Å². The Morgan fingerprint density at radius 2 is 1.82 bits per heavy atom. The maximum absolute atomic E-state index is 14.6. The number of nitrogens with one attached hydrogen (secondary N) is 3. The van der Waals surface area contributed by atoms with E-state index in [1.807, 2.05) is 6.08 Å². The first-order valence-corrected chi connectivity index (χ1v) is 21.0. The Morgan fingerprint density at radius 1 is 1.03 bits per heavy atom. The summed E-state index contributed by atoms with van der Waals surface area (Å²) in [5.74, 6) is -5.36. The van der Waals surface area contributed by atoms with Gasteiger partial charge in [0.15, 0.2) is 0 Å². The number of pyridine rings is 1. The molecule has 0 radical (unpaired) electrons. The predicted molar refractivity (Wildman–Crippen MR) is 204 cm³/mol. The summed E-state index contributed by atoms with van der Waals surface area (Å²) in [7, 11) is -4.10. The minimum absolute atomic E-state index is 0.0575. The maximum atomic E-state index is 14.6. The normalized spacial score (nSPS) is 26.2. The Morgan fingerprint density at radius 3 is 2.55 bits per heavy atom. The molecule has 318 valence electrons. The molecule has 2 aromatic heterocycles. The first-order valence-electron chi connectivity index (χ1n) is 19.5. The summed E-state index contributed by atoms with van der Waals surface area (Å²) in [5, 5.41) is 9.80. The van der Waals surface area contributed by atoms with Gasteiger partial charge >= 0.3 is 6.36 Å². The molecule has 2 saturated carbocycles. The summed E-state index contributed by atoms with van der Waals surface area (Å²) in [6.07, 6.45) is 1.94. The standard InChI is InChI=1S/C40H40F4N6O9S/c1-38(14-15-38)60(55,56)49-37(54)39-20-22(39)7-5-3-2-4-6-8-29(46-34(52)32-13-16-45-59-32)36(53)50-21-25(19-31(50)33(51)48-39)57-35-28-18-24(58-40(42,43)44)10-12-26(28)27-11-9-23(41)17-30(27)47-35/h5,7,9-13,16-18,22,25,29,31H,2-4,6,8,14-15,19-21H2,1H3,(H,46,52)(H,48,51)(H,49,54)/b7-5-/t22-,25-,29+,31+,39-/m1/s1. The highest BCUT2D eigenvalue weighted by molar-refractivity contribution is 7.91. The third-order valence-electron chi connectivity index (χ3n) is 11.6. The van der Waals surface area contributed by atoms with Crippen molar-refractivity contribution in [2.75, 3.05) is 6.54 Å². The lowest BCUT2D eigenvalue weighted by Crippen LogP contribution is -2.58. The van der Waals surface area contributed by atoms with Crippen molar-refractivity contribution >= 4 is 55.3 Å². The molecular weight excluding hydrogens is 817 g/mol. The van der Waals surface area contributed by atoms with Crippen LogP contribution in [0.5, 0.6) is 11.6 Å². The molecule has 3 N–H and O–H groups in total. The number of hydrogen-bond donors (Lipinski definition) is 3. The smallest absolute Gasteiger partial charge is 0.472 e. The van der Waals surface area contributed by atoms with E-state index < -0.39 is 86.0 Å². The van der Waals surface area contributed by atoms with E-state index in [-0.39, 0.29) is 48.4 Å². The lowest BCUT2D eigenvalue weighted by atomic mass is 10.0. The van der Waals surface area contributed by atoms with Gasteiger partial charge in [-0.1, -0.05) is 30.2 Å². The van der Waals surface area contributed by atoms with E-state index in [0.717, 1.165) is 18.2 Å². The summed E-state index contributed by atoms with van der Waals surface area (Å²) < 4.78 is 97.3. The minimum Gasteiger partial charge on any atom is -0.472 e. The Hall–Kier alpha value is -5.79. The Kier molecular flexibility index (Phi) is 10.5. The van der Waals surface area contributed by atoms with Crippen LogP contribution in [0.3, 0.4) is 0 Å². The van der Waals surface area contributed by atoms with Crippen molar-refractivity contribution in [2.45, 2.75) is 99.5 Å². The Balaban J connectivity index is 1.15. The zero-order chi connectivity index (χ0) is 42.6. The number of hydrogen-bond acceptors (Lipinski definition) is 11. The van der Waals surface area contributed by atoms with Gasteiger partial charge < -0.3 is 29.5 Å². The molecule has 2 aliphatic heterocycles. The molecule has 15 nitrogen and oxygen atoms in total. The molecule has 0 bridgehead atoms. The van der Waals surface area contributed by atoms with Crippen molar-refractivity contribution in [1.82, 2.24) is 30.4 Å². The second-order valence-electron chi connectivity index (χ2n) is 15.9. The van der Waals surface area contributed by atoms with Crippen molar-refractivity contribution < 1.29 is 59.2 Å². The number of carbonyl (C=O) groups excluding carboxylic acids is 4. The molecule has 8 rings (SSSR count). The van der Waals surface area contributed by atoms with E-state index >= 15 is 0 Å². The predicted octanol–water partition coefficient (Wildman–Crippen LogP) is 4.95. The zero-order valence-corrected chi connectivity index (χ0v) is 32.9. The molecule has 60 heavy (non-hydrogen) atoms. The van der Waals surface area contributed by atoms with Crippen molar-refractivity contribution in [3.8, 4) is 11.6 Å². The van der Waals surface area contributed by atoms with Crippen LogP contribution in [-0.2, 0) is 24.4 Å². The monoisotopic (exact) mass is 856 g/mol. The molecule has 0 spiro atoms. The molecule has 3 fully saturated rings. The Labute approximate surface area is 340 Å². The molecule has 4 aromatic rings. The highest BCUT2D eigenvalue weighted by atomic mass is 32.2. The molecule has 1 saturated heterocycles. The molecular formula is C40H40F4N6O9S. The highest BCUT2D eigenvalue weighted by Gasteiger charge is 2.63. The molecule has 20 heteroatoms. The lowest BCUT2D eigenvalue weighted by Gasteiger charge is -2.29. The first-order chi connectivity index (χ1) is 28.4. The number of allylic oxidation sites excluding steroid dienone is 1. The van der Waals surface area contributed by atoms with E-state index in [9.17, 15) is 45.2 Å². The third-order valence-corrected chi connectivity index (χ3v) is 13.8. The maximum Gasteiger partial charge on any atom is 0.573 e. The summed E-state index contributed by atoms with van der Waals surface area (Å²) in [4.78, 5) is 61.8.